The second-order valence-corrected chi connectivity index (χ2v) is 15.7. The van der Waals surface area contributed by atoms with Crippen molar-refractivity contribution in [1.29, 1.82) is 0 Å². The van der Waals surface area contributed by atoms with E-state index in [4.69, 9.17) is 0 Å². The van der Waals surface area contributed by atoms with Crippen LogP contribution in [-0.4, -0.2) is 17.8 Å². The van der Waals surface area contributed by atoms with Crippen molar-refractivity contribution in [3.63, 3.8) is 0 Å². The smallest absolute Gasteiger partial charge is 0.194 e. The standard InChI is InChI=1S/C7Br2F6S.C7HBrF6S.C7H2F6S/c8-3-1-2(4(9)16-3)6(12,13)7(14,15)5(1,10)11;8-4-3-2(1-15-4)5(9,10)7(13,14)6(3,11)12;8-5(9)3-1-14-2-4(3)6(10,11)7(5,12)13/h;1H;1-2H. The van der Waals surface area contributed by atoms with E-state index in [0.29, 0.717) is 50.2 Å². The molecule has 3 aromatic heterocycles. The fraction of sp³-hybridized carbons (Fsp3) is 0.429. The number of thiophene rings is 3. The summed E-state index contributed by atoms with van der Waals surface area (Å²) in [5, 5.41) is 1.88. The largest absolute Gasteiger partial charge is 0.380 e. The van der Waals surface area contributed by atoms with Crippen molar-refractivity contribution < 1.29 is 79.0 Å². The summed E-state index contributed by atoms with van der Waals surface area (Å²) in [5.74, 6) is -45.1. The number of hydrogen-bond acceptors (Lipinski definition) is 3. The van der Waals surface area contributed by atoms with Crippen LogP contribution in [0.4, 0.5) is 79.0 Å². The molecule has 3 aliphatic rings. The molecule has 0 unspecified atom stereocenters. The van der Waals surface area contributed by atoms with Gasteiger partial charge in [-0.05, 0) is 47.8 Å². The van der Waals surface area contributed by atoms with Crippen LogP contribution in [0, 0.1) is 0 Å². The molecule has 252 valence electrons. The van der Waals surface area contributed by atoms with E-state index >= 15 is 0 Å². The van der Waals surface area contributed by atoms with Gasteiger partial charge in [-0.15, -0.1) is 22.7 Å². The van der Waals surface area contributed by atoms with Crippen LogP contribution < -0.4 is 0 Å². The SMILES string of the molecule is FC1(F)c2c(Br)sc(Br)c2C(F)(F)C1(F)F.FC1(F)c2csc(Br)c2C(F)(F)C1(F)F.FC1(F)c2cscc2C(F)(F)C1(F)F. The lowest BCUT2D eigenvalue weighted by Crippen LogP contribution is -2.43. The average Bonchev–Trinajstić information content (AvgIpc) is 3.65. The Morgan fingerprint density at radius 1 is 0.378 bits per heavy atom. The third-order valence-electron chi connectivity index (χ3n) is 6.55. The Morgan fingerprint density at radius 3 is 1.07 bits per heavy atom. The molecule has 0 nitrogen and oxygen atoms in total. The molecule has 0 radical (unpaired) electrons. The molecule has 6 rings (SSSR count). The van der Waals surface area contributed by atoms with Gasteiger partial charge in [0.25, 0.3) is 0 Å². The van der Waals surface area contributed by atoms with Crippen LogP contribution in [0.2, 0.25) is 0 Å². The monoisotopic (exact) mass is 930 g/mol. The Labute approximate surface area is 273 Å². The number of rotatable bonds is 0. The van der Waals surface area contributed by atoms with Crippen molar-refractivity contribution in [2.24, 2.45) is 0 Å². The lowest BCUT2D eigenvalue weighted by molar-refractivity contribution is -0.302. The van der Waals surface area contributed by atoms with Gasteiger partial charge in [-0.2, -0.15) is 90.4 Å². The highest BCUT2D eigenvalue weighted by molar-refractivity contribution is 9.12. The first-order valence-electron chi connectivity index (χ1n) is 10.7. The summed E-state index contributed by atoms with van der Waals surface area (Å²) in [6.45, 7) is 0. The molecule has 0 amide bonds. The maximum atomic E-state index is 13.2. The zero-order chi connectivity index (χ0) is 34.9. The Kier molecular flexibility index (Phi) is 8.57. The molecule has 0 fully saturated rings. The molecule has 3 aliphatic carbocycles. The summed E-state index contributed by atoms with van der Waals surface area (Å²) in [7, 11) is 0. The van der Waals surface area contributed by atoms with Crippen molar-refractivity contribution in [2.45, 2.75) is 53.3 Å². The van der Waals surface area contributed by atoms with Crippen molar-refractivity contribution in [3.8, 4) is 0 Å². The summed E-state index contributed by atoms with van der Waals surface area (Å²) in [5.41, 5.74) is -7.80. The lowest BCUT2D eigenvalue weighted by atomic mass is 10.1. The molecule has 24 heteroatoms. The van der Waals surface area contributed by atoms with E-state index in [0.717, 1.165) is 0 Å². The van der Waals surface area contributed by atoms with E-state index in [1.165, 1.54) is 0 Å². The van der Waals surface area contributed by atoms with Crippen molar-refractivity contribution in [1.82, 2.24) is 0 Å². The van der Waals surface area contributed by atoms with Gasteiger partial charge >= 0.3 is 53.3 Å². The van der Waals surface area contributed by atoms with Gasteiger partial charge in [-0.3, -0.25) is 0 Å². The van der Waals surface area contributed by atoms with Gasteiger partial charge < -0.3 is 0 Å². The second kappa shape index (κ2) is 10.4. The van der Waals surface area contributed by atoms with Crippen molar-refractivity contribution in [3.05, 3.63) is 60.9 Å². The Hall–Kier alpha value is -0.720. The van der Waals surface area contributed by atoms with Crippen LogP contribution in [0.25, 0.3) is 0 Å². The van der Waals surface area contributed by atoms with Crippen LogP contribution in [-0.2, 0) is 35.5 Å². The van der Waals surface area contributed by atoms with Crippen LogP contribution in [0.15, 0.2) is 27.5 Å². The van der Waals surface area contributed by atoms with Crippen LogP contribution in [0.3, 0.4) is 0 Å². The predicted octanol–water partition coefficient (Wildman–Crippen LogP) is 13.0. The van der Waals surface area contributed by atoms with E-state index < -0.39 is 94.3 Å². The summed E-state index contributed by atoms with van der Waals surface area (Å²) >= 11 is 9.35. The number of fused-ring (bicyclic) bond motifs is 3. The van der Waals surface area contributed by atoms with Gasteiger partial charge in [-0.25, -0.2) is 0 Å². The Balaban J connectivity index is 0.000000154. The summed E-state index contributed by atoms with van der Waals surface area (Å²) in [6.07, 6.45) is 0. The molecule has 0 atom stereocenters. The topological polar surface area (TPSA) is 0 Å². The summed E-state index contributed by atoms with van der Waals surface area (Å²) < 4.78 is 232. The molecule has 0 bridgehead atoms. The minimum atomic E-state index is -5.41. The van der Waals surface area contributed by atoms with Gasteiger partial charge in [0.1, 0.15) is 0 Å². The third kappa shape index (κ3) is 4.48. The average molecular weight is 933 g/mol. The molecular formula is C21H3Br3F18S3. The number of alkyl halides is 18. The third-order valence-corrected chi connectivity index (χ3v) is 11.5. The van der Waals surface area contributed by atoms with Crippen LogP contribution >= 0.6 is 81.8 Å². The fourth-order valence-corrected chi connectivity index (χ4v) is 9.96. The first-order valence-corrected chi connectivity index (χ1v) is 15.7. The maximum absolute atomic E-state index is 13.2. The molecule has 0 saturated heterocycles. The van der Waals surface area contributed by atoms with E-state index in [2.05, 4.69) is 47.8 Å². The summed E-state index contributed by atoms with van der Waals surface area (Å²) in [4.78, 5) is 0. The predicted molar refractivity (Wildman–Crippen MR) is 134 cm³/mol. The van der Waals surface area contributed by atoms with E-state index in [1.807, 2.05) is 0 Å². The number of hydrogen-bond donors (Lipinski definition) is 0. The molecule has 3 aromatic rings. The Morgan fingerprint density at radius 2 is 0.689 bits per heavy atom. The quantitative estimate of drug-likeness (QED) is 0.197. The van der Waals surface area contributed by atoms with Gasteiger partial charge in [0.15, 0.2) is 0 Å². The van der Waals surface area contributed by atoms with Gasteiger partial charge in [-0.1, -0.05) is 0 Å². The number of halogens is 21. The molecule has 0 N–H and O–H groups in total. The second-order valence-electron chi connectivity index (χ2n) is 9.07. The molecule has 45 heavy (non-hydrogen) atoms. The lowest BCUT2D eigenvalue weighted by Gasteiger charge is -2.24. The highest BCUT2D eigenvalue weighted by atomic mass is 79.9. The van der Waals surface area contributed by atoms with Crippen LogP contribution in [0.1, 0.15) is 33.4 Å². The Bertz CT molecular complexity index is 1580. The first kappa shape index (κ1) is 37.1. The van der Waals surface area contributed by atoms with E-state index in [-0.39, 0.29) is 3.79 Å². The van der Waals surface area contributed by atoms with E-state index in [1.54, 1.807) is 0 Å². The minimum Gasteiger partial charge on any atom is -0.194 e. The highest BCUT2D eigenvalue weighted by Gasteiger charge is 2.82. The molecule has 0 aromatic carbocycles. The zero-order valence-electron chi connectivity index (χ0n) is 19.9. The van der Waals surface area contributed by atoms with Crippen LogP contribution in [0.5, 0.6) is 0 Å². The van der Waals surface area contributed by atoms with Gasteiger partial charge in [0, 0.05) is 32.8 Å². The van der Waals surface area contributed by atoms with Gasteiger partial charge in [0.2, 0.25) is 0 Å². The molecule has 0 aliphatic heterocycles. The van der Waals surface area contributed by atoms with E-state index in [9.17, 15) is 79.0 Å². The van der Waals surface area contributed by atoms with Crippen molar-refractivity contribution in [2.75, 3.05) is 0 Å². The molecule has 0 saturated carbocycles. The van der Waals surface area contributed by atoms with Crippen molar-refractivity contribution >= 4 is 81.8 Å². The fourth-order valence-electron chi connectivity index (χ4n) is 4.15. The minimum absolute atomic E-state index is 0.389. The zero-order valence-corrected chi connectivity index (χ0v) is 27.1. The molecular weight excluding hydrogens is 930 g/mol. The van der Waals surface area contributed by atoms with Gasteiger partial charge in [0.05, 0.1) is 28.0 Å². The molecule has 3 heterocycles. The molecule has 0 spiro atoms. The maximum Gasteiger partial charge on any atom is 0.380 e. The highest BCUT2D eigenvalue weighted by Crippen LogP contribution is 2.68. The normalized spacial score (nSPS) is 25.3. The first-order chi connectivity index (χ1) is 19.9. The summed E-state index contributed by atoms with van der Waals surface area (Å²) in [6, 6.07) is 0.